The van der Waals surface area contributed by atoms with E-state index in [0.29, 0.717) is 42.7 Å². The number of likely N-dealkylation sites (tertiary alicyclic amines) is 1. The highest BCUT2D eigenvalue weighted by Gasteiger charge is 2.48. The van der Waals surface area contributed by atoms with Gasteiger partial charge in [-0.25, -0.2) is 4.98 Å². The molecule has 2 aromatic heterocycles. The van der Waals surface area contributed by atoms with Crippen LogP contribution in [0.5, 0.6) is 0 Å². The van der Waals surface area contributed by atoms with E-state index in [4.69, 9.17) is 0 Å². The first kappa shape index (κ1) is 22.7. The summed E-state index contributed by atoms with van der Waals surface area (Å²) in [6, 6.07) is 6.63. The number of fused-ring (bicyclic) bond motifs is 1. The molecular weight excluding hydrogens is 438 g/mol. The summed E-state index contributed by atoms with van der Waals surface area (Å²) in [4.78, 5) is 32.1. The molecule has 1 saturated carbocycles. The zero-order chi connectivity index (χ0) is 24.3. The lowest BCUT2D eigenvalue weighted by atomic mass is 9.90. The second-order valence-corrected chi connectivity index (χ2v) is 9.92. The van der Waals surface area contributed by atoms with Crippen LogP contribution in [0.4, 0.5) is 0 Å². The number of hydrogen-bond donors (Lipinski definition) is 3. The monoisotopic (exact) mass is 467 g/mol. The van der Waals surface area contributed by atoms with Crippen molar-refractivity contribution in [3.8, 4) is 11.3 Å². The number of amides is 1. The average molecular weight is 468 g/mol. The maximum Gasteiger partial charge on any atom is 0.281 e. The molecular formula is C24H29N5O5. The standard InChI is InChI=1S/C24H29N5O5/c1-23(7-8-23)22(33)28-11-9-24(34,10-12-28)13-29-14-25-17-18(20(29)30)26-27(2)19(17)15-3-5-16(6-4-15)21(31)32/h3-6,14,21,31-32,34H,7-13H2,1-2H3. The molecule has 1 saturated heterocycles. The van der Waals surface area contributed by atoms with Crippen LogP contribution in [0.15, 0.2) is 35.4 Å². The van der Waals surface area contributed by atoms with Crippen molar-refractivity contribution < 1.29 is 20.1 Å². The van der Waals surface area contributed by atoms with Gasteiger partial charge in [0.25, 0.3) is 5.56 Å². The van der Waals surface area contributed by atoms with Crippen molar-refractivity contribution in [1.82, 2.24) is 24.2 Å². The lowest BCUT2D eigenvalue weighted by Crippen LogP contribution is -2.51. The van der Waals surface area contributed by atoms with Gasteiger partial charge in [0.15, 0.2) is 11.8 Å². The highest BCUT2D eigenvalue weighted by molar-refractivity contribution is 5.89. The molecule has 0 unspecified atom stereocenters. The van der Waals surface area contributed by atoms with Gasteiger partial charge in [-0.1, -0.05) is 31.2 Å². The fourth-order valence-corrected chi connectivity index (χ4v) is 4.73. The number of aromatic nitrogens is 4. The number of benzene rings is 1. The van der Waals surface area contributed by atoms with Crippen molar-refractivity contribution in [3.05, 3.63) is 46.5 Å². The van der Waals surface area contributed by atoms with E-state index in [1.165, 1.54) is 10.9 Å². The van der Waals surface area contributed by atoms with E-state index in [1.54, 1.807) is 36.0 Å². The molecule has 180 valence electrons. The molecule has 0 bridgehead atoms. The predicted molar refractivity (Wildman–Crippen MR) is 123 cm³/mol. The molecule has 5 rings (SSSR count). The summed E-state index contributed by atoms with van der Waals surface area (Å²) in [5.41, 5.74) is 0.700. The highest BCUT2D eigenvalue weighted by Crippen LogP contribution is 2.47. The Morgan fingerprint density at radius 3 is 2.32 bits per heavy atom. The van der Waals surface area contributed by atoms with E-state index >= 15 is 0 Å². The second kappa shape index (κ2) is 8.00. The van der Waals surface area contributed by atoms with Crippen LogP contribution in [0.2, 0.25) is 0 Å². The molecule has 1 aromatic carbocycles. The molecule has 2 fully saturated rings. The van der Waals surface area contributed by atoms with Crippen molar-refractivity contribution in [2.45, 2.75) is 51.0 Å². The lowest BCUT2D eigenvalue weighted by Gasteiger charge is -2.39. The van der Waals surface area contributed by atoms with Gasteiger partial charge in [0.2, 0.25) is 5.91 Å². The van der Waals surface area contributed by atoms with Crippen LogP contribution < -0.4 is 5.56 Å². The number of nitrogens with zero attached hydrogens (tertiary/aromatic N) is 5. The van der Waals surface area contributed by atoms with Crippen LogP contribution in [-0.4, -0.2) is 64.1 Å². The van der Waals surface area contributed by atoms with E-state index in [-0.39, 0.29) is 28.9 Å². The Morgan fingerprint density at radius 1 is 1.09 bits per heavy atom. The quantitative estimate of drug-likeness (QED) is 0.476. The Hall–Kier alpha value is -3.08. The SMILES string of the molecule is Cn1nc2c(=O)n(CC3(O)CCN(C(=O)C4(C)CC4)CC3)cnc2c1-c1ccc(C(O)O)cc1. The van der Waals surface area contributed by atoms with Gasteiger partial charge in [-0.15, -0.1) is 0 Å². The molecule has 34 heavy (non-hydrogen) atoms. The number of aryl methyl sites for hydroxylation is 1. The van der Waals surface area contributed by atoms with E-state index in [9.17, 15) is 24.9 Å². The molecule has 1 aliphatic carbocycles. The Labute approximate surface area is 196 Å². The minimum Gasteiger partial charge on any atom is -0.388 e. The first-order valence-corrected chi connectivity index (χ1v) is 11.5. The first-order chi connectivity index (χ1) is 16.1. The van der Waals surface area contributed by atoms with E-state index in [0.717, 1.165) is 18.4 Å². The lowest BCUT2D eigenvalue weighted by molar-refractivity contribution is -0.141. The summed E-state index contributed by atoms with van der Waals surface area (Å²) in [6.07, 6.45) is 2.52. The van der Waals surface area contributed by atoms with Crippen LogP contribution in [-0.2, 0) is 18.4 Å². The number of aliphatic hydroxyl groups excluding tert-OH is 1. The average Bonchev–Trinajstić information content (AvgIpc) is 3.47. The minimum atomic E-state index is -1.56. The third-order valence-corrected chi connectivity index (χ3v) is 7.26. The van der Waals surface area contributed by atoms with Crippen molar-refractivity contribution >= 4 is 16.9 Å². The number of piperidine rings is 1. The highest BCUT2D eigenvalue weighted by atomic mass is 16.5. The summed E-state index contributed by atoms with van der Waals surface area (Å²) in [5.74, 6) is 0.164. The fourth-order valence-electron chi connectivity index (χ4n) is 4.73. The van der Waals surface area contributed by atoms with Crippen molar-refractivity contribution in [2.75, 3.05) is 13.1 Å². The number of hydrogen-bond acceptors (Lipinski definition) is 7. The summed E-state index contributed by atoms with van der Waals surface area (Å²) >= 11 is 0. The molecule has 2 aliphatic rings. The van der Waals surface area contributed by atoms with E-state index in [2.05, 4.69) is 10.1 Å². The molecule has 10 heteroatoms. The number of carbonyl (C=O) groups is 1. The summed E-state index contributed by atoms with van der Waals surface area (Å²) in [5, 5.41) is 34.2. The third-order valence-electron chi connectivity index (χ3n) is 7.26. The van der Waals surface area contributed by atoms with Crippen LogP contribution in [0.25, 0.3) is 22.3 Å². The van der Waals surface area contributed by atoms with E-state index in [1.807, 2.05) is 11.8 Å². The second-order valence-electron chi connectivity index (χ2n) is 9.92. The van der Waals surface area contributed by atoms with Crippen LogP contribution in [0.1, 0.15) is 44.5 Å². The van der Waals surface area contributed by atoms with Gasteiger partial charge in [-0.3, -0.25) is 18.8 Å². The minimum absolute atomic E-state index is 0.0864. The topological polar surface area (TPSA) is 134 Å². The zero-order valence-corrected chi connectivity index (χ0v) is 19.3. The van der Waals surface area contributed by atoms with Crippen molar-refractivity contribution in [2.24, 2.45) is 12.5 Å². The molecule has 3 N–H and O–H groups in total. The number of rotatable bonds is 5. The maximum atomic E-state index is 13.2. The third kappa shape index (κ3) is 3.91. The van der Waals surface area contributed by atoms with Gasteiger partial charge in [-0.05, 0) is 25.7 Å². The Morgan fingerprint density at radius 2 is 1.74 bits per heavy atom. The van der Waals surface area contributed by atoms with Gasteiger partial charge >= 0.3 is 0 Å². The zero-order valence-electron chi connectivity index (χ0n) is 19.3. The Balaban J connectivity index is 1.38. The molecule has 3 aromatic rings. The molecule has 10 nitrogen and oxygen atoms in total. The summed E-state index contributed by atoms with van der Waals surface area (Å²) < 4.78 is 2.97. The Bertz CT molecular complexity index is 1300. The van der Waals surface area contributed by atoms with Crippen LogP contribution >= 0.6 is 0 Å². The Kier molecular flexibility index (Phi) is 5.34. The van der Waals surface area contributed by atoms with Crippen LogP contribution in [0, 0.1) is 5.41 Å². The van der Waals surface area contributed by atoms with Crippen molar-refractivity contribution in [3.63, 3.8) is 0 Å². The van der Waals surface area contributed by atoms with Gasteiger partial charge in [-0.2, -0.15) is 5.10 Å². The van der Waals surface area contributed by atoms with Gasteiger partial charge in [0.05, 0.1) is 24.2 Å². The fraction of sp³-hybridized carbons (Fsp3) is 0.500. The number of carbonyl (C=O) groups excluding carboxylic acids is 1. The summed E-state index contributed by atoms with van der Waals surface area (Å²) in [7, 11) is 1.72. The first-order valence-electron chi connectivity index (χ1n) is 11.5. The normalized spacial score (nSPS) is 19.1. The molecule has 1 aliphatic heterocycles. The summed E-state index contributed by atoms with van der Waals surface area (Å²) in [6.45, 7) is 3.02. The smallest absolute Gasteiger partial charge is 0.281 e. The van der Waals surface area contributed by atoms with Crippen molar-refractivity contribution in [1.29, 1.82) is 0 Å². The molecule has 0 spiro atoms. The molecule has 0 atom stereocenters. The molecule has 3 heterocycles. The molecule has 0 radical (unpaired) electrons. The van der Waals surface area contributed by atoms with E-state index < -0.39 is 11.9 Å². The largest absolute Gasteiger partial charge is 0.388 e. The van der Waals surface area contributed by atoms with Gasteiger partial charge < -0.3 is 20.2 Å². The predicted octanol–water partition coefficient (Wildman–Crippen LogP) is 0.934. The van der Waals surface area contributed by atoms with Crippen LogP contribution in [0.3, 0.4) is 0 Å². The van der Waals surface area contributed by atoms with Gasteiger partial charge in [0, 0.05) is 36.7 Å². The number of aliphatic hydroxyl groups is 3. The molecule has 1 amide bonds. The van der Waals surface area contributed by atoms with Gasteiger partial charge in [0.1, 0.15) is 5.52 Å². The maximum absolute atomic E-state index is 13.2.